The molecule has 0 unspecified atom stereocenters. The van der Waals surface area contributed by atoms with Crippen molar-refractivity contribution in [1.29, 1.82) is 0 Å². The van der Waals surface area contributed by atoms with E-state index in [2.05, 4.69) is 5.16 Å². The maximum absolute atomic E-state index is 12.7. The lowest BCUT2D eigenvalue weighted by Crippen LogP contribution is -2.51. The van der Waals surface area contributed by atoms with Gasteiger partial charge in [0.1, 0.15) is 17.1 Å². The number of amides is 1. The number of nitro groups is 1. The van der Waals surface area contributed by atoms with Gasteiger partial charge in [-0.3, -0.25) is 19.8 Å². The lowest BCUT2D eigenvalue weighted by molar-refractivity contribution is -0.384. The standard InChI is InChI=1S/C25H29N5O4/c1-27(13-7-10-21-18-22(26-34-21)20-8-3-2-4-9-20)19-25(31)29-16-14-28(15-17-29)23-11-5-6-12-24(23)30(32)33/h2-6,8-9,11-12,18H,7,10,13-17,19H2,1H3. The number of aromatic nitrogens is 1. The molecule has 34 heavy (non-hydrogen) atoms. The number of carbonyl (C=O) groups excluding carboxylic acids is 1. The molecular formula is C25H29N5O4. The minimum atomic E-state index is -0.358. The Morgan fingerprint density at radius 2 is 1.79 bits per heavy atom. The van der Waals surface area contributed by atoms with Gasteiger partial charge in [0, 0.05) is 50.3 Å². The summed E-state index contributed by atoms with van der Waals surface area (Å²) in [4.78, 5) is 29.5. The molecule has 0 atom stereocenters. The third-order valence-electron chi connectivity index (χ3n) is 6.05. The van der Waals surface area contributed by atoms with E-state index >= 15 is 0 Å². The normalized spacial score (nSPS) is 13.9. The molecule has 2 heterocycles. The van der Waals surface area contributed by atoms with Crippen LogP contribution in [-0.2, 0) is 11.2 Å². The first-order valence-corrected chi connectivity index (χ1v) is 11.5. The van der Waals surface area contributed by atoms with Crippen LogP contribution in [0.5, 0.6) is 0 Å². The zero-order valence-corrected chi connectivity index (χ0v) is 19.3. The highest BCUT2D eigenvalue weighted by molar-refractivity contribution is 5.78. The van der Waals surface area contributed by atoms with Crippen LogP contribution in [0.25, 0.3) is 11.3 Å². The van der Waals surface area contributed by atoms with Gasteiger partial charge in [-0.05, 0) is 26.1 Å². The molecule has 178 valence electrons. The number of anilines is 1. The zero-order valence-electron chi connectivity index (χ0n) is 19.3. The Morgan fingerprint density at radius 3 is 2.53 bits per heavy atom. The van der Waals surface area contributed by atoms with Crippen molar-refractivity contribution in [2.24, 2.45) is 0 Å². The van der Waals surface area contributed by atoms with Crippen LogP contribution in [0.15, 0.2) is 65.2 Å². The van der Waals surface area contributed by atoms with Crippen molar-refractivity contribution in [3.05, 3.63) is 76.5 Å². The van der Waals surface area contributed by atoms with Crippen LogP contribution in [0.3, 0.4) is 0 Å². The summed E-state index contributed by atoms with van der Waals surface area (Å²) in [5, 5.41) is 15.4. The van der Waals surface area contributed by atoms with Crippen molar-refractivity contribution in [1.82, 2.24) is 15.0 Å². The topological polar surface area (TPSA) is 96.0 Å². The summed E-state index contributed by atoms with van der Waals surface area (Å²) in [6.07, 6.45) is 1.62. The largest absolute Gasteiger partial charge is 0.362 e. The Labute approximate surface area is 198 Å². The highest BCUT2D eigenvalue weighted by Crippen LogP contribution is 2.28. The van der Waals surface area contributed by atoms with Gasteiger partial charge in [-0.1, -0.05) is 47.6 Å². The number of carbonyl (C=O) groups is 1. The number of piperazine rings is 1. The highest BCUT2D eigenvalue weighted by Gasteiger charge is 2.25. The molecule has 0 spiro atoms. The van der Waals surface area contributed by atoms with Gasteiger partial charge in [0.05, 0.1) is 11.5 Å². The van der Waals surface area contributed by atoms with Crippen molar-refractivity contribution >= 4 is 17.3 Å². The monoisotopic (exact) mass is 463 g/mol. The van der Waals surface area contributed by atoms with E-state index in [9.17, 15) is 14.9 Å². The molecule has 2 aromatic carbocycles. The Kier molecular flexibility index (Phi) is 7.54. The summed E-state index contributed by atoms with van der Waals surface area (Å²) in [5.41, 5.74) is 2.57. The van der Waals surface area contributed by atoms with E-state index in [1.165, 1.54) is 6.07 Å². The minimum Gasteiger partial charge on any atom is -0.362 e. The number of nitrogens with zero attached hydrogens (tertiary/aromatic N) is 5. The van der Waals surface area contributed by atoms with Crippen molar-refractivity contribution in [3.8, 4) is 11.3 Å². The molecule has 4 rings (SSSR count). The van der Waals surface area contributed by atoms with Gasteiger partial charge in [0.25, 0.3) is 5.69 Å². The van der Waals surface area contributed by atoms with Gasteiger partial charge in [0.2, 0.25) is 5.91 Å². The van der Waals surface area contributed by atoms with E-state index in [4.69, 9.17) is 4.52 Å². The Morgan fingerprint density at radius 1 is 1.09 bits per heavy atom. The van der Waals surface area contributed by atoms with Crippen LogP contribution >= 0.6 is 0 Å². The minimum absolute atomic E-state index is 0.0794. The second kappa shape index (κ2) is 10.9. The van der Waals surface area contributed by atoms with Crippen LogP contribution in [0.2, 0.25) is 0 Å². The average molecular weight is 464 g/mol. The molecule has 3 aromatic rings. The number of benzene rings is 2. The summed E-state index contributed by atoms with van der Waals surface area (Å²) in [7, 11) is 1.94. The molecule has 0 saturated carbocycles. The molecule has 9 heteroatoms. The fraction of sp³-hybridized carbons (Fsp3) is 0.360. The van der Waals surface area contributed by atoms with Crippen molar-refractivity contribution in [3.63, 3.8) is 0 Å². The molecule has 1 aromatic heterocycles. The van der Waals surface area contributed by atoms with E-state index < -0.39 is 0 Å². The number of nitro benzene ring substituents is 1. The number of likely N-dealkylation sites (N-methyl/N-ethyl adjacent to an activating group) is 1. The number of hydrogen-bond acceptors (Lipinski definition) is 7. The predicted octanol–water partition coefficient (Wildman–Crippen LogP) is 3.46. The van der Waals surface area contributed by atoms with Crippen LogP contribution in [0.1, 0.15) is 12.2 Å². The van der Waals surface area contributed by atoms with E-state index in [-0.39, 0.29) is 16.5 Å². The summed E-state index contributed by atoms with van der Waals surface area (Å²) < 4.78 is 5.46. The Balaban J connectivity index is 1.20. The maximum atomic E-state index is 12.7. The third kappa shape index (κ3) is 5.79. The molecule has 1 amide bonds. The lowest BCUT2D eigenvalue weighted by atomic mass is 10.1. The van der Waals surface area contributed by atoms with Gasteiger partial charge in [-0.2, -0.15) is 0 Å². The van der Waals surface area contributed by atoms with Crippen molar-refractivity contribution < 1.29 is 14.2 Å². The van der Waals surface area contributed by atoms with E-state index in [0.29, 0.717) is 38.4 Å². The first kappa shape index (κ1) is 23.4. The van der Waals surface area contributed by atoms with Crippen molar-refractivity contribution in [2.45, 2.75) is 12.8 Å². The van der Waals surface area contributed by atoms with Gasteiger partial charge < -0.3 is 14.3 Å². The molecule has 0 radical (unpaired) electrons. The first-order valence-electron chi connectivity index (χ1n) is 11.5. The highest BCUT2D eigenvalue weighted by atomic mass is 16.6. The fourth-order valence-electron chi connectivity index (χ4n) is 4.19. The Hall–Kier alpha value is -3.72. The molecule has 0 N–H and O–H groups in total. The zero-order chi connectivity index (χ0) is 23.9. The number of hydrogen-bond donors (Lipinski definition) is 0. The molecule has 0 bridgehead atoms. The molecular weight excluding hydrogens is 434 g/mol. The second-order valence-electron chi connectivity index (χ2n) is 8.50. The number of rotatable bonds is 9. The van der Waals surface area contributed by atoms with Crippen LogP contribution in [0.4, 0.5) is 11.4 Å². The number of para-hydroxylation sites is 2. The van der Waals surface area contributed by atoms with Crippen molar-refractivity contribution in [2.75, 3.05) is 51.2 Å². The van der Waals surface area contributed by atoms with Gasteiger partial charge in [-0.25, -0.2) is 0 Å². The smallest absolute Gasteiger partial charge is 0.292 e. The van der Waals surface area contributed by atoms with Gasteiger partial charge >= 0.3 is 0 Å². The van der Waals surface area contributed by atoms with E-state index in [0.717, 1.165) is 36.4 Å². The lowest BCUT2D eigenvalue weighted by Gasteiger charge is -2.36. The molecule has 1 fully saturated rings. The molecule has 1 saturated heterocycles. The predicted molar refractivity (Wildman–Crippen MR) is 130 cm³/mol. The number of aryl methyl sites for hydroxylation is 1. The van der Waals surface area contributed by atoms with Crippen LogP contribution < -0.4 is 4.90 Å². The average Bonchev–Trinajstić information content (AvgIpc) is 3.33. The van der Waals surface area contributed by atoms with Crippen LogP contribution in [-0.4, -0.2) is 72.1 Å². The summed E-state index contributed by atoms with van der Waals surface area (Å²) in [5.74, 6) is 0.917. The quantitative estimate of drug-likeness (QED) is 0.354. The first-order chi connectivity index (χ1) is 16.5. The maximum Gasteiger partial charge on any atom is 0.292 e. The van der Waals surface area contributed by atoms with E-state index in [1.54, 1.807) is 18.2 Å². The molecule has 1 aliphatic rings. The molecule has 1 aliphatic heterocycles. The van der Waals surface area contributed by atoms with Crippen LogP contribution in [0, 0.1) is 10.1 Å². The summed E-state index contributed by atoms with van der Waals surface area (Å²) in [6, 6.07) is 18.6. The summed E-state index contributed by atoms with van der Waals surface area (Å²) >= 11 is 0. The molecule has 9 nitrogen and oxygen atoms in total. The van der Waals surface area contributed by atoms with Gasteiger partial charge in [-0.15, -0.1) is 0 Å². The summed E-state index contributed by atoms with van der Waals surface area (Å²) in [6.45, 7) is 3.38. The Bertz CT molecular complexity index is 1110. The third-order valence-corrected chi connectivity index (χ3v) is 6.05. The van der Waals surface area contributed by atoms with Gasteiger partial charge in [0.15, 0.2) is 0 Å². The fourth-order valence-corrected chi connectivity index (χ4v) is 4.19. The molecule has 0 aliphatic carbocycles. The second-order valence-corrected chi connectivity index (χ2v) is 8.50. The SMILES string of the molecule is CN(CCCc1cc(-c2ccccc2)no1)CC(=O)N1CCN(c2ccccc2[N+](=O)[O-])CC1. The van der Waals surface area contributed by atoms with E-state index in [1.807, 2.05) is 58.1 Å².